The van der Waals surface area contributed by atoms with Gasteiger partial charge in [0.1, 0.15) is 36.0 Å². The summed E-state index contributed by atoms with van der Waals surface area (Å²) >= 11 is 0. The van der Waals surface area contributed by atoms with Gasteiger partial charge in [0, 0.05) is 6.42 Å². The molecule has 0 spiro atoms. The van der Waals surface area contributed by atoms with E-state index in [2.05, 4.69) is 20.7 Å². The van der Waals surface area contributed by atoms with Gasteiger partial charge in [-0.25, -0.2) is 14.1 Å². The van der Waals surface area contributed by atoms with Crippen molar-refractivity contribution in [1.29, 1.82) is 0 Å². The van der Waals surface area contributed by atoms with E-state index in [0.717, 1.165) is 4.68 Å². The van der Waals surface area contributed by atoms with Gasteiger partial charge < -0.3 is 15.4 Å². The van der Waals surface area contributed by atoms with Crippen molar-refractivity contribution in [2.24, 2.45) is 0 Å². The normalized spacial score (nSPS) is 21.0. The molecule has 0 saturated carbocycles. The third kappa shape index (κ3) is 3.68. The van der Waals surface area contributed by atoms with E-state index in [4.69, 9.17) is 4.74 Å². The Kier molecular flexibility index (Phi) is 4.86. The highest BCUT2D eigenvalue weighted by atomic mass is 19.4. The third-order valence-electron chi connectivity index (χ3n) is 4.93. The maximum Gasteiger partial charge on any atom is 0.410 e. The number of carbonyl (C=O) groups excluding carboxylic acids is 2. The van der Waals surface area contributed by atoms with Gasteiger partial charge in [-0.1, -0.05) is 0 Å². The predicted molar refractivity (Wildman–Crippen MR) is 94.6 cm³/mol. The number of carbonyl (C=O) groups is 2. The van der Waals surface area contributed by atoms with Crippen molar-refractivity contribution in [3.8, 4) is 5.75 Å². The van der Waals surface area contributed by atoms with Crippen LogP contribution < -0.4 is 15.4 Å². The van der Waals surface area contributed by atoms with E-state index in [9.17, 15) is 27.2 Å². The second-order valence-electron chi connectivity index (χ2n) is 7.19. The molecule has 0 bridgehead atoms. The van der Waals surface area contributed by atoms with Gasteiger partial charge in [-0.05, 0) is 37.5 Å². The van der Waals surface area contributed by atoms with Crippen LogP contribution in [0.3, 0.4) is 0 Å². The molecule has 8 nitrogen and oxygen atoms in total. The van der Waals surface area contributed by atoms with Crippen LogP contribution in [0.1, 0.15) is 40.9 Å². The highest BCUT2D eigenvalue weighted by molar-refractivity contribution is 6.01. The first-order valence-electron chi connectivity index (χ1n) is 9.20. The molecule has 2 aliphatic heterocycles. The summed E-state index contributed by atoms with van der Waals surface area (Å²) in [5, 5.41) is 8.41. The van der Waals surface area contributed by atoms with Gasteiger partial charge >= 0.3 is 6.18 Å². The molecule has 0 fully saturated rings. The summed E-state index contributed by atoms with van der Waals surface area (Å²) in [5.41, 5.74) is 0.431. The summed E-state index contributed by atoms with van der Waals surface area (Å²) in [6.07, 6.45) is -4.14. The Morgan fingerprint density at radius 1 is 1.37 bits per heavy atom. The van der Waals surface area contributed by atoms with Gasteiger partial charge in [-0.15, -0.1) is 5.10 Å². The molecule has 1 aromatic heterocycles. The minimum Gasteiger partial charge on any atom is -0.489 e. The number of amides is 2. The SMILES string of the molecule is Cc1cc(F)c2c(c1)OC[C@H](NC(=O)c1nc3n(n1)[C@@H](C(F)(F)F)CCC3)C(=O)N2. The molecule has 3 heterocycles. The number of aromatic nitrogens is 3. The van der Waals surface area contributed by atoms with E-state index in [1.807, 2.05) is 0 Å². The molecule has 2 N–H and O–H groups in total. The molecule has 0 radical (unpaired) electrons. The largest absolute Gasteiger partial charge is 0.489 e. The van der Waals surface area contributed by atoms with Crippen molar-refractivity contribution in [2.75, 3.05) is 11.9 Å². The number of aryl methyl sites for hydroxylation is 2. The lowest BCUT2D eigenvalue weighted by Crippen LogP contribution is -2.46. The number of ether oxygens (including phenoxy) is 1. The van der Waals surface area contributed by atoms with Crippen LogP contribution >= 0.6 is 0 Å². The van der Waals surface area contributed by atoms with Crippen LogP contribution in [-0.2, 0) is 11.2 Å². The van der Waals surface area contributed by atoms with Gasteiger partial charge in [0.2, 0.25) is 5.82 Å². The number of halogens is 4. The van der Waals surface area contributed by atoms with Gasteiger partial charge in [0.25, 0.3) is 11.8 Å². The Morgan fingerprint density at radius 2 is 2.13 bits per heavy atom. The number of hydrogen-bond donors (Lipinski definition) is 2. The summed E-state index contributed by atoms with van der Waals surface area (Å²) in [6.45, 7) is 1.35. The first kappa shape index (κ1) is 20.1. The molecule has 1 aromatic carbocycles. The topological polar surface area (TPSA) is 98.1 Å². The summed E-state index contributed by atoms with van der Waals surface area (Å²) < 4.78 is 59.9. The molecule has 2 aromatic rings. The van der Waals surface area contributed by atoms with Crippen LogP contribution in [0.5, 0.6) is 5.75 Å². The molecule has 160 valence electrons. The molecular weight excluding hydrogens is 410 g/mol. The number of alkyl halides is 3. The van der Waals surface area contributed by atoms with Gasteiger partial charge in [-0.3, -0.25) is 9.59 Å². The van der Waals surface area contributed by atoms with Crippen molar-refractivity contribution >= 4 is 17.5 Å². The van der Waals surface area contributed by atoms with E-state index >= 15 is 0 Å². The zero-order valence-corrected chi connectivity index (χ0v) is 15.7. The fraction of sp³-hybridized carbons (Fsp3) is 0.444. The number of fused-ring (bicyclic) bond motifs is 2. The van der Waals surface area contributed by atoms with E-state index < -0.39 is 41.7 Å². The molecule has 0 saturated heterocycles. The first-order chi connectivity index (χ1) is 14.1. The second-order valence-corrected chi connectivity index (χ2v) is 7.19. The second kappa shape index (κ2) is 7.26. The highest BCUT2D eigenvalue weighted by Gasteiger charge is 2.44. The van der Waals surface area contributed by atoms with E-state index in [1.54, 1.807) is 6.92 Å². The molecule has 2 atom stereocenters. The number of rotatable bonds is 2. The van der Waals surface area contributed by atoms with E-state index in [-0.39, 0.29) is 43.1 Å². The number of hydrogen-bond acceptors (Lipinski definition) is 5. The van der Waals surface area contributed by atoms with Crippen molar-refractivity contribution in [2.45, 2.75) is 44.4 Å². The molecule has 30 heavy (non-hydrogen) atoms. The lowest BCUT2D eigenvalue weighted by atomic mass is 10.1. The Labute approximate surface area is 167 Å². The molecular formula is C18H17F4N5O3. The molecule has 0 aliphatic carbocycles. The van der Waals surface area contributed by atoms with Crippen LogP contribution in [0.25, 0.3) is 0 Å². The fourth-order valence-corrected chi connectivity index (χ4v) is 3.48. The summed E-state index contributed by atoms with van der Waals surface area (Å²) in [4.78, 5) is 28.8. The maximum absolute atomic E-state index is 14.1. The molecule has 0 unspecified atom stereocenters. The average molecular weight is 427 g/mol. The van der Waals surface area contributed by atoms with Crippen molar-refractivity contribution in [3.63, 3.8) is 0 Å². The zero-order chi connectivity index (χ0) is 21.6. The smallest absolute Gasteiger partial charge is 0.410 e. The standard InChI is InChI=1S/C18H17F4N5O3/c1-8-5-9(19)14-11(6-8)30-7-10(16(28)25-14)23-17(29)15-24-13-4-2-3-12(18(20,21)22)27(13)26-15/h5-6,10,12H,2-4,7H2,1H3,(H,23,29)(H,25,28)/t10-,12+/m0/s1. The van der Waals surface area contributed by atoms with Crippen LogP contribution in [0.4, 0.5) is 23.2 Å². The Balaban J connectivity index is 1.52. The van der Waals surface area contributed by atoms with Gasteiger partial charge in [-0.2, -0.15) is 13.2 Å². The highest BCUT2D eigenvalue weighted by Crippen LogP contribution is 2.37. The Bertz CT molecular complexity index is 1020. The van der Waals surface area contributed by atoms with Gasteiger partial charge in [0.05, 0.1) is 0 Å². The van der Waals surface area contributed by atoms with Crippen LogP contribution in [0, 0.1) is 12.7 Å². The fourth-order valence-electron chi connectivity index (χ4n) is 3.48. The van der Waals surface area contributed by atoms with E-state index in [1.165, 1.54) is 12.1 Å². The van der Waals surface area contributed by atoms with Crippen LogP contribution in [0.15, 0.2) is 12.1 Å². The monoisotopic (exact) mass is 427 g/mol. The van der Waals surface area contributed by atoms with Crippen molar-refractivity contribution in [1.82, 2.24) is 20.1 Å². The molecule has 12 heteroatoms. The maximum atomic E-state index is 14.1. The summed E-state index contributed by atoms with van der Waals surface area (Å²) in [5.74, 6) is -2.66. The molecule has 2 amide bonds. The Hall–Kier alpha value is -3.18. The zero-order valence-electron chi connectivity index (χ0n) is 15.7. The minimum absolute atomic E-state index is 0.0558. The lowest BCUT2D eigenvalue weighted by molar-refractivity contribution is -0.174. The predicted octanol–water partition coefficient (Wildman–Crippen LogP) is 2.29. The van der Waals surface area contributed by atoms with Crippen molar-refractivity contribution < 1.29 is 31.9 Å². The minimum atomic E-state index is -4.51. The van der Waals surface area contributed by atoms with Gasteiger partial charge in [0.15, 0.2) is 5.82 Å². The molecule has 4 rings (SSSR count). The summed E-state index contributed by atoms with van der Waals surface area (Å²) in [7, 11) is 0. The van der Waals surface area contributed by atoms with Crippen molar-refractivity contribution in [3.05, 3.63) is 35.2 Å². The number of anilines is 1. The van der Waals surface area contributed by atoms with Crippen LogP contribution in [0.2, 0.25) is 0 Å². The quantitative estimate of drug-likeness (QED) is 0.717. The number of nitrogens with one attached hydrogen (secondary N) is 2. The lowest BCUT2D eigenvalue weighted by Gasteiger charge is -2.25. The third-order valence-corrected chi connectivity index (χ3v) is 4.93. The van der Waals surface area contributed by atoms with E-state index in [0.29, 0.717) is 5.56 Å². The number of nitrogens with zero attached hydrogens (tertiary/aromatic N) is 3. The molecule has 2 aliphatic rings. The van der Waals surface area contributed by atoms with Crippen LogP contribution in [-0.4, -0.2) is 45.4 Å². The first-order valence-corrected chi connectivity index (χ1v) is 9.20. The Morgan fingerprint density at radius 3 is 2.87 bits per heavy atom. The average Bonchev–Trinajstić information content (AvgIpc) is 3.04. The summed E-state index contributed by atoms with van der Waals surface area (Å²) in [6, 6.07) is -0.313. The number of benzene rings is 1.